The number of nitro benzene ring substituents is 1. The van der Waals surface area contributed by atoms with Crippen molar-refractivity contribution < 1.29 is 18.4 Å². The molecule has 0 aromatic heterocycles. The number of aliphatic hydroxyl groups excluding tert-OH is 1. The Morgan fingerprint density at radius 3 is 2.45 bits per heavy atom. The van der Waals surface area contributed by atoms with Crippen LogP contribution in [0.15, 0.2) is 29.2 Å². The Kier molecular flexibility index (Phi) is 5.12. The highest BCUT2D eigenvalue weighted by Gasteiger charge is 2.30. The molecule has 1 heterocycles. The summed E-state index contributed by atoms with van der Waals surface area (Å²) in [6.45, 7) is 3.97. The molecule has 0 saturated carbocycles. The number of rotatable bonds is 4. The molecular weight excluding hydrogens is 310 g/mol. The maximum atomic E-state index is 12.6. The lowest BCUT2D eigenvalue weighted by atomic mass is 10.3. The molecule has 1 N–H and O–H groups in total. The molecule has 1 aromatic rings. The molecule has 1 saturated heterocycles. The summed E-state index contributed by atoms with van der Waals surface area (Å²) in [5.74, 6) is 0. The minimum absolute atomic E-state index is 0.00440. The number of non-ortho nitro benzene ring substituents is 1. The molecule has 22 heavy (non-hydrogen) atoms. The molecule has 8 nitrogen and oxygen atoms in total. The molecule has 122 valence electrons. The summed E-state index contributed by atoms with van der Waals surface area (Å²) in [7, 11) is -3.77. The first-order chi connectivity index (χ1) is 10.3. The van der Waals surface area contributed by atoms with E-state index in [0.29, 0.717) is 13.1 Å². The van der Waals surface area contributed by atoms with E-state index in [-0.39, 0.29) is 23.7 Å². The zero-order valence-corrected chi connectivity index (χ0v) is 13.1. The first kappa shape index (κ1) is 16.8. The molecule has 0 radical (unpaired) electrons. The smallest absolute Gasteiger partial charge is 0.269 e. The van der Waals surface area contributed by atoms with E-state index in [0.717, 1.165) is 6.54 Å². The van der Waals surface area contributed by atoms with Gasteiger partial charge in [0.15, 0.2) is 0 Å². The van der Waals surface area contributed by atoms with Crippen molar-refractivity contribution in [1.82, 2.24) is 9.21 Å². The molecular formula is C13H19N3O5S. The highest BCUT2D eigenvalue weighted by atomic mass is 32.2. The van der Waals surface area contributed by atoms with E-state index in [1.165, 1.54) is 28.6 Å². The number of nitrogens with zero attached hydrogens (tertiary/aromatic N) is 3. The van der Waals surface area contributed by atoms with Gasteiger partial charge in [-0.25, -0.2) is 8.42 Å². The Hall–Kier alpha value is -1.55. The van der Waals surface area contributed by atoms with Crippen LogP contribution in [0.5, 0.6) is 0 Å². The molecule has 1 aliphatic rings. The van der Waals surface area contributed by atoms with Gasteiger partial charge in [-0.15, -0.1) is 0 Å². The van der Waals surface area contributed by atoms with Crippen molar-refractivity contribution in [2.75, 3.05) is 32.7 Å². The average Bonchev–Trinajstić information content (AvgIpc) is 2.69. The van der Waals surface area contributed by atoms with E-state index >= 15 is 0 Å². The first-order valence-electron chi connectivity index (χ1n) is 6.99. The van der Waals surface area contributed by atoms with Gasteiger partial charge in [0.2, 0.25) is 10.0 Å². The summed E-state index contributed by atoms with van der Waals surface area (Å²) >= 11 is 0. The molecule has 1 aromatic carbocycles. The van der Waals surface area contributed by atoms with E-state index in [1.807, 2.05) is 11.8 Å². The molecule has 0 amide bonds. The van der Waals surface area contributed by atoms with E-state index in [9.17, 15) is 23.6 Å². The van der Waals surface area contributed by atoms with Gasteiger partial charge < -0.3 is 5.11 Å². The summed E-state index contributed by atoms with van der Waals surface area (Å²) in [6, 6.07) is 4.78. The van der Waals surface area contributed by atoms with Crippen molar-refractivity contribution in [2.24, 2.45) is 0 Å². The van der Waals surface area contributed by atoms with E-state index in [1.54, 1.807) is 0 Å². The number of nitro groups is 1. The molecule has 1 aliphatic heterocycles. The molecule has 2 rings (SSSR count). The number of likely N-dealkylation sites (N-methyl/N-ethyl adjacent to an activating group) is 1. The highest BCUT2D eigenvalue weighted by Crippen LogP contribution is 2.20. The molecule has 1 atom stereocenters. The molecule has 0 aliphatic carbocycles. The van der Waals surface area contributed by atoms with Crippen LogP contribution in [0.25, 0.3) is 0 Å². The lowest BCUT2D eigenvalue weighted by Crippen LogP contribution is -2.37. The lowest BCUT2D eigenvalue weighted by molar-refractivity contribution is -0.384. The molecule has 0 bridgehead atoms. The van der Waals surface area contributed by atoms with Crippen molar-refractivity contribution in [1.29, 1.82) is 0 Å². The lowest BCUT2D eigenvalue weighted by Gasteiger charge is -2.21. The fourth-order valence-corrected chi connectivity index (χ4v) is 3.89. The highest BCUT2D eigenvalue weighted by molar-refractivity contribution is 7.89. The minimum Gasteiger partial charge on any atom is -0.390 e. The predicted octanol–water partition coefficient (Wildman–Crippen LogP) is 0.282. The second-order valence-corrected chi connectivity index (χ2v) is 7.10. The van der Waals surface area contributed by atoms with Crippen LogP contribution in [-0.2, 0) is 10.0 Å². The van der Waals surface area contributed by atoms with Crippen molar-refractivity contribution in [3.63, 3.8) is 0 Å². The number of aliphatic hydroxyl groups is 1. The van der Waals surface area contributed by atoms with E-state index in [4.69, 9.17) is 0 Å². The monoisotopic (exact) mass is 329 g/mol. The Labute approximate surface area is 129 Å². The van der Waals surface area contributed by atoms with Gasteiger partial charge in [0, 0.05) is 38.3 Å². The van der Waals surface area contributed by atoms with Gasteiger partial charge in [0.25, 0.3) is 5.69 Å². The van der Waals surface area contributed by atoms with Crippen LogP contribution in [0.1, 0.15) is 6.92 Å². The van der Waals surface area contributed by atoms with Gasteiger partial charge in [-0.3, -0.25) is 15.0 Å². The van der Waals surface area contributed by atoms with Crippen molar-refractivity contribution in [2.45, 2.75) is 17.9 Å². The third-order valence-electron chi connectivity index (χ3n) is 3.68. The number of hydrogen-bond acceptors (Lipinski definition) is 6. The fraction of sp³-hybridized carbons (Fsp3) is 0.538. The van der Waals surface area contributed by atoms with E-state index < -0.39 is 21.1 Å². The topological polar surface area (TPSA) is 104 Å². The maximum absolute atomic E-state index is 12.6. The van der Waals surface area contributed by atoms with Gasteiger partial charge in [0.1, 0.15) is 0 Å². The normalized spacial score (nSPS) is 21.5. The van der Waals surface area contributed by atoms with Crippen LogP contribution in [0, 0.1) is 10.1 Å². The van der Waals surface area contributed by atoms with Crippen LogP contribution >= 0.6 is 0 Å². The minimum atomic E-state index is -3.77. The van der Waals surface area contributed by atoms with Gasteiger partial charge >= 0.3 is 0 Å². The number of β-amino-alcohol motifs (C(OH)–C–C–N with tert-alkyl or cyclic N) is 1. The fourth-order valence-electron chi connectivity index (χ4n) is 2.42. The first-order valence-corrected chi connectivity index (χ1v) is 8.43. The standard InChI is InChI=1S/C13H19N3O5S/c1-2-14-7-8-15(10-12(17)9-14)22(20,21)13-5-3-11(4-6-13)16(18)19/h3-6,12,17H,2,7-10H2,1H3. The zero-order valence-electron chi connectivity index (χ0n) is 12.3. The molecule has 0 spiro atoms. The van der Waals surface area contributed by atoms with Gasteiger partial charge in [-0.05, 0) is 18.7 Å². The summed E-state index contributed by atoms with van der Waals surface area (Å²) in [5, 5.41) is 20.6. The summed E-state index contributed by atoms with van der Waals surface area (Å²) in [6.07, 6.45) is -0.754. The van der Waals surface area contributed by atoms with Crippen LogP contribution < -0.4 is 0 Å². The Bertz CT molecular complexity index is 632. The second-order valence-electron chi connectivity index (χ2n) is 5.16. The Morgan fingerprint density at radius 1 is 1.27 bits per heavy atom. The number of sulfonamides is 1. The summed E-state index contributed by atoms with van der Waals surface area (Å²) in [4.78, 5) is 12.0. The quantitative estimate of drug-likeness (QED) is 0.628. The largest absolute Gasteiger partial charge is 0.390 e. The van der Waals surface area contributed by atoms with Gasteiger partial charge in [-0.2, -0.15) is 4.31 Å². The van der Waals surface area contributed by atoms with Crippen molar-refractivity contribution >= 4 is 15.7 Å². The third kappa shape index (κ3) is 3.61. The SMILES string of the molecule is CCN1CCN(S(=O)(=O)c2ccc([N+](=O)[O-])cc2)CC(O)C1. The van der Waals surface area contributed by atoms with Gasteiger partial charge in [0.05, 0.1) is 15.9 Å². The Morgan fingerprint density at radius 2 is 1.91 bits per heavy atom. The predicted molar refractivity (Wildman–Crippen MR) is 80.0 cm³/mol. The van der Waals surface area contributed by atoms with Crippen LogP contribution in [-0.4, -0.2) is 66.5 Å². The van der Waals surface area contributed by atoms with Crippen LogP contribution in [0.3, 0.4) is 0 Å². The number of benzene rings is 1. The third-order valence-corrected chi connectivity index (χ3v) is 5.56. The van der Waals surface area contributed by atoms with Crippen LogP contribution in [0.4, 0.5) is 5.69 Å². The maximum Gasteiger partial charge on any atom is 0.269 e. The molecule has 1 unspecified atom stereocenters. The Balaban J connectivity index is 2.23. The average molecular weight is 329 g/mol. The van der Waals surface area contributed by atoms with E-state index in [2.05, 4.69) is 0 Å². The zero-order chi connectivity index (χ0) is 16.3. The summed E-state index contributed by atoms with van der Waals surface area (Å²) in [5.41, 5.74) is -0.160. The van der Waals surface area contributed by atoms with Crippen molar-refractivity contribution in [3.05, 3.63) is 34.4 Å². The van der Waals surface area contributed by atoms with Crippen molar-refractivity contribution in [3.8, 4) is 0 Å². The van der Waals surface area contributed by atoms with Gasteiger partial charge in [-0.1, -0.05) is 6.92 Å². The van der Waals surface area contributed by atoms with Crippen LogP contribution in [0.2, 0.25) is 0 Å². The number of hydrogen-bond donors (Lipinski definition) is 1. The second kappa shape index (κ2) is 6.69. The molecule has 1 fully saturated rings. The molecule has 9 heteroatoms. The summed E-state index contributed by atoms with van der Waals surface area (Å²) < 4.78 is 26.4.